The fourth-order valence-electron chi connectivity index (χ4n) is 1.83. The van der Waals surface area contributed by atoms with E-state index in [9.17, 15) is 4.79 Å². The van der Waals surface area contributed by atoms with Crippen molar-refractivity contribution in [2.24, 2.45) is 4.99 Å². The fourth-order valence-corrected chi connectivity index (χ4v) is 1.83. The van der Waals surface area contributed by atoms with E-state index < -0.39 is 0 Å². The summed E-state index contributed by atoms with van der Waals surface area (Å²) in [5, 5.41) is 0. The topological polar surface area (TPSA) is 38.7 Å². The van der Waals surface area contributed by atoms with Gasteiger partial charge in [-0.1, -0.05) is 12.1 Å². The molecule has 3 nitrogen and oxygen atoms in total. The number of hydrogen-bond donors (Lipinski definition) is 0. The van der Waals surface area contributed by atoms with Crippen LogP contribution in [0.3, 0.4) is 0 Å². The van der Waals surface area contributed by atoms with E-state index in [1.807, 2.05) is 25.1 Å². The highest BCUT2D eigenvalue weighted by atomic mass is 16.5. The molecule has 1 fully saturated rings. The molecular formula is C12H13NO2. The van der Waals surface area contributed by atoms with Gasteiger partial charge in [-0.2, -0.15) is 4.99 Å². The smallest absolute Gasteiger partial charge is 0.235 e. The summed E-state index contributed by atoms with van der Waals surface area (Å²) in [4.78, 5) is 14.3. The lowest BCUT2D eigenvalue weighted by molar-refractivity contribution is 0.404. The van der Waals surface area contributed by atoms with Crippen molar-refractivity contribution in [1.82, 2.24) is 0 Å². The average Bonchev–Trinajstić information content (AvgIpc) is 2.99. The van der Waals surface area contributed by atoms with Crippen molar-refractivity contribution in [2.75, 3.05) is 7.11 Å². The van der Waals surface area contributed by atoms with E-state index in [4.69, 9.17) is 4.74 Å². The molecule has 0 aromatic heterocycles. The van der Waals surface area contributed by atoms with Crippen molar-refractivity contribution < 1.29 is 9.53 Å². The molecule has 0 atom stereocenters. The predicted molar refractivity (Wildman–Crippen MR) is 56.8 cm³/mol. The molecule has 0 unspecified atom stereocenters. The number of aliphatic imine (C=N–C) groups is 1. The lowest BCUT2D eigenvalue weighted by atomic mass is 10.0. The van der Waals surface area contributed by atoms with Crippen LogP contribution in [-0.4, -0.2) is 13.2 Å². The molecule has 0 bridgehead atoms. The van der Waals surface area contributed by atoms with Crippen LogP contribution in [0.5, 0.6) is 5.75 Å². The average molecular weight is 203 g/mol. The summed E-state index contributed by atoms with van der Waals surface area (Å²) in [5.74, 6) is 0.812. The third-order valence-electron chi connectivity index (χ3n) is 2.84. The number of carbonyl (C=O) groups excluding carboxylic acids is 1. The predicted octanol–water partition coefficient (Wildman–Crippen LogP) is 2.33. The van der Waals surface area contributed by atoms with Gasteiger partial charge in [0.05, 0.1) is 7.11 Å². The monoisotopic (exact) mass is 203 g/mol. The summed E-state index contributed by atoms with van der Waals surface area (Å²) >= 11 is 0. The van der Waals surface area contributed by atoms with E-state index in [-0.39, 0.29) is 5.54 Å². The lowest BCUT2D eigenvalue weighted by Crippen LogP contribution is -2.05. The molecule has 0 spiro atoms. The number of aryl methyl sites for hydroxylation is 1. The van der Waals surface area contributed by atoms with E-state index >= 15 is 0 Å². The maximum atomic E-state index is 10.4. The Morgan fingerprint density at radius 1 is 1.47 bits per heavy atom. The molecular weight excluding hydrogens is 190 g/mol. The Bertz CT molecular complexity index is 429. The van der Waals surface area contributed by atoms with Gasteiger partial charge in [0.25, 0.3) is 0 Å². The molecule has 0 aliphatic heterocycles. The molecule has 15 heavy (non-hydrogen) atoms. The Balaban J connectivity index is 2.48. The summed E-state index contributed by atoms with van der Waals surface area (Å²) < 4.78 is 5.31. The first-order valence-corrected chi connectivity index (χ1v) is 4.96. The second kappa shape index (κ2) is 3.52. The number of hydrogen-bond acceptors (Lipinski definition) is 3. The van der Waals surface area contributed by atoms with Crippen LogP contribution in [0, 0.1) is 6.92 Å². The molecule has 1 saturated carbocycles. The van der Waals surface area contributed by atoms with Crippen LogP contribution in [0.4, 0.5) is 0 Å². The number of rotatable bonds is 3. The van der Waals surface area contributed by atoms with Crippen molar-refractivity contribution in [2.45, 2.75) is 25.3 Å². The van der Waals surface area contributed by atoms with Gasteiger partial charge in [-0.3, -0.25) is 0 Å². The van der Waals surface area contributed by atoms with Gasteiger partial charge in [-0.05, 0) is 31.4 Å². The number of nitrogens with zero attached hydrogens (tertiary/aromatic N) is 1. The second-order valence-corrected chi connectivity index (χ2v) is 3.94. The minimum atomic E-state index is -0.346. The molecule has 78 valence electrons. The van der Waals surface area contributed by atoms with Crippen LogP contribution in [0.25, 0.3) is 0 Å². The summed E-state index contributed by atoms with van der Waals surface area (Å²) in [6.07, 6.45) is 3.46. The SMILES string of the molecule is COc1cc(C)ccc1C1(N=C=O)CC1. The molecule has 1 aromatic carbocycles. The number of benzene rings is 1. The highest BCUT2D eigenvalue weighted by molar-refractivity contribution is 5.48. The van der Waals surface area contributed by atoms with E-state index in [0.717, 1.165) is 29.7 Å². The van der Waals surface area contributed by atoms with E-state index in [0.29, 0.717) is 0 Å². The van der Waals surface area contributed by atoms with Crippen molar-refractivity contribution in [3.63, 3.8) is 0 Å². The van der Waals surface area contributed by atoms with E-state index in [2.05, 4.69) is 4.99 Å². The standard InChI is InChI=1S/C12H13NO2/c1-9-3-4-10(11(7-9)15-2)12(5-6-12)13-8-14/h3-4,7H,5-6H2,1-2H3. The third kappa shape index (κ3) is 1.66. The van der Waals surface area contributed by atoms with Gasteiger partial charge in [0.2, 0.25) is 6.08 Å². The molecule has 3 heteroatoms. The maximum Gasteiger partial charge on any atom is 0.235 e. The van der Waals surface area contributed by atoms with Crippen LogP contribution >= 0.6 is 0 Å². The molecule has 0 saturated heterocycles. The quantitative estimate of drug-likeness (QED) is 0.558. The molecule has 1 aromatic rings. The highest BCUT2D eigenvalue weighted by Gasteiger charge is 2.46. The number of isocyanates is 1. The minimum absolute atomic E-state index is 0.346. The van der Waals surface area contributed by atoms with Crippen molar-refractivity contribution >= 4 is 6.08 Å². The zero-order valence-electron chi connectivity index (χ0n) is 8.91. The third-order valence-corrected chi connectivity index (χ3v) is 2.84. The van der Waals surface area contributed by atoms with Crippen LogP contribution < -0.4 is 4.74 Å². The maximum absolute atomic E-state index is 10.4. The molecule has 0 heterocycles. The van der Waals surface area contributed by atoms with Crippen LogP contribution in [0.15, 0.2) is 23.2 Å². The fraction of sp³-hybridized carbons (Fsp3) is 0.417. The lowest BCUT2D eigenvalue weighted by Gasteiger charge is -2.13. The molecule has 1 aliphatic carbocycles. The Morgan fingerprint density at radius 2 is 2.20 bits per heavy atom. The van der Waals surface area contributed by atoms with Gasteiger partial charge >= 0.3 is 0 Å². The van der Waals surface area contributed by atoms with Crippen molar-refractivity contribution in [3.05, 3.63) is 29.3 Å². The molecule has 0 N–H and O–H groups in total. The second-order valence-electron chi connectivity index (χ2n) is 3.94. The largest absolute Gasteiger partial charge is 0.496 e. The first-order chi connectivity index (χ1) is 7.22. The Labute approximate surface area is 88.8 Å². The molecule has 1 aliphatic rings. The molecule has 0 amide bonds. The first-order valence-electron chi connectivity index (χ1n) is 4.96. The summed E-state index contributed by atoms with van der Waals surface area (Å²) in [7, 11) is 1.64. The zero-order valence-corrected chi connectivity index (χ0v) is 8.91. The van der Waals surface area contributed by atoms with Crippen LogP contribution in [-0.2, 0) is 10.3 Å². The van der Waals surface area contributed by atoms with Crippen LogP contribution in [0.1, 0.15) is 24.0 Å². The number of ether oxygens (including phenoxy) is 1. The first kappa shape index (κ1) is 9.94. The Hall–Kier alpha value is -1.60. The van der Waals surface area contributed by atoms with Gasteiger partial charge in [-0.15, -0.1) is 0 Å². The number of methoxy groups -OCH3 is 1. The highest BCUT2D eigenvalue weighted by Crippen LogP contribution is 2.52. The van der Waals surface area contributed by atoms with E-state index in [1.165, 1.54) is 0 Å². The van der Waals surface area contributed by atoms with E-state index in [1.54, 1.807) is 13.2 Å². The van der Waals surface area contributed by atoms with Crippen molar-refractivity contribution in [3.8, 4) is 5.75 Å². The molecule has 2 rings (SSSR count). The van der Waals surface area contributed by atoms with Crippen LogP contribution in [0.2, 0.25) is 0 Å². The Kier molecular flexibility index (Phi) is 2.33. The minimum Gasteiger partial charge on any atom is -0.496 e. The summed E-state index contributed by atoms with van der Waals surface area (Å²) in [6.45, 7) is 2.01. The van der Waals surface area contributed by atoms with Crippen molar-refractivity contribution in [1.29, 1.82) is 0 Å². The normalized spacial score (nSPS) is 16.7. The zero-order chi connectivity index (χ0) is 10.9. The van der Waals surface area contributed by atoms with Gasteiger partial charge in [-0.25, -0.2) is 4.79 Å². The van der Waals surface area contributed by atoms with Gasteiger partial charge < -0.3 is 4.74 Å². The summed E-state index contributed by atoms with van der Waals surface area (Å²) in [6, 6.07) is 5.97. The van der Waals surface area contributed by atoms with Gasteiger partial charge in [0.1, 0.15) is 11.3 Å². The Morgan fingerprint density at radius 3 is 2.73 bits per heavy atom. The summed E-state index contributed by atoms with van der Waals surface area (Å²) in [5.41, 5.74) is 1.79. The van der Waals surface area contributed by atoms with Gasteiger partial charge in [0, 0.05) is 5.56 Å². The molecule has 0 radical (unpaired) electrons. The van der Waals surface area contributed by atoms with Gasteiger partial charge in [0.15, 0.2) is 0 Å².